The lowest BCUT2D eigenvalue weighted by molar-refractivity contribution is 0.0980. The van der Waals surface area contributed by atoms with E-state index in [0.717, 1.165) is 25.0 Å². The summed E-state index contributed by atoms with van der Waals surface area (Å²) in [4.78, 5) is 0. The summed E-state index contributed by atoms with van der Waals surface area (Å²) in [6.45, 7) is 2.51. The molecule has 0 aromatic heterocycles. The van der Waals surface area contributed by atoms with Gasteiger partial charge in [-0.25, -0.2) is 0 Å². The van der Waals surface area contributed by atoms with Crippen molar-refractivity contribution in [3.05, 3.63) is 30.3 Å². The lowest BCUT2D eigenvalue weighted by Gasteiger charge is -2.11. The Kier molecular flexibility index (Phi) is 5.08. The highest BCUT2D eigenvalue weighted by Crippen LogP contribution is 2.09. The zero-order valence-electron chi connectivity index (χ0n) is 8.65. The van der Waals surface area contributed by atoms with Crippen LogP contribution in [0.5, 0.6) is 5.75 Å². The van der Waals surface area contributed by atoms with Crippen molar-refractivity contribution in [2.75, 3.05) is 6.61 Å². The standard InChI is InChI=1S/C12H18O2/c1-2-3-7-11(13)10-14-12-8-5-4-6-9-12/h4-6,8-9,11,13H,2-3,7,10H2,1H3. The highest BCUT2D eigenvalue weighted by Gasteiger charge is 2.03. The van der Waals surface area contributed by atoms with Crippen LogP contribution in [0, 0.1) is 0 Å². The number of para-hydroxylation sites is 1. The van der Waals surface area contributed by atoms with E-state index in [1.165, 1.54) is 0 Å². The summed E-state index contributed by atoms with van der Waals surface area (Å²) in [5.74, 6) is 0.822. The van der Waals surface area contributed by atoms with Crippen LogP contribution >= 0.6 is 0 Å². The second kappa shape index (κ2) is 6.44. The van der Waals surface area contributed by atoms with Gasteiger partial charge in [0.25, 0.3) is 0 Å². The van der Waals surface area contributed by atoms with Crippen molar-refractivity contribution in [3.63, 3.8) is 0 Å². The number of hydrogen-bond donors (Lipinski definition) is 1. The molecule has 0 amide bonds. The van der Waals surface area contributed by atoms with E-state index in [2.05, 4.69) is 6.92 Å². The van der Waals surface area contributed by atoms with E-state index in [0.29, 0.717) is 6.61 Å². The third-order valence-electron chi connectivity index (χ3n) is 2.08. The Morgan fingerprint density at radius 1 is 1.29 bits per heavy atom. The van der Waals surface area contributed by atoms with Crippen LogP contribution < -0.4 is 4.74 Å². The smallest absolute Gasteiger partial charge is 0.119 e. The van der Waals surface area contributed by atoms with E-state index < -0.39 is 0 Å². The normalized spacial score (nSPS) is 12.4. The quantitative estimate of drug-likeness (QED) is 0.754. The van der Waals surface area contributed by atoms with Gasteiger partial charge >= 0.3 is 0 Å². The van der Waals surface area contributed by atoms with Crippen LogP contribution in [-0.4, -0.2) is 17.8 Å². The maximum atomic E-state index is 9.52. The van der Waals surface area contributed by atoms with Crippen molar-refractivity contribution < 1.29 is 9.84 Å². The predicted molar refractivity (Wildman–Crippen MR) is 57.5 cm³/mol. The first-order valence-electron chi connectivity index (χ1n) is 5.19. The van der Waals surface area contributed by atoms with Crippen molar-refractivity contribution in [2.45, 2.75) is 32.3 Å². The minimum Gasteiger partial charge on any atom is -0.491 e. The average Bonchev–Trinajstić information content (AvgIpc) is 2.25. The molecule has 0 heterocycles. The van der Waals surface area contributed by atoms with Gasteiger partial charge in [-0.05, 0) is 18.6 Å². The molecule has 0 radical (unpaired) electrons. The Morgan fingerprint density at radius 3 is 2.64 bits per heavy atom. The summed E-state index contributed by atoms with van der Waals surface area (Å²) < 4.78 is 5.41. The first-order valence-corrected chi connectivity index (χ1v) is 5.19. The molecule has 0 spiro atoms. The molecule has 1 atom stereocenters. The van der Waals surface area contributed by atoms with Crippen LogP contribution in [0.1, 0.15) is 26.2 Å². The molecule has 0 fully saturated rings. The number of ether oxygens (including phenoxy) is 1. The maximum absolute atomic E-state index is 9.52. The van der Waals surface area contributed by atoms with Crippen LogP contribution in [-0.2, 0) is 0 Å². The predicted octanol–water partition coefficient (Wildman–Crippen LogP) is 2.62. The van der Waals surface area contributed by atoms with Crippen LogP contribution in [0.25, 0.3) is 0 Å². The van der Waals surface area contributed by atoms with E-state index in [4.69, 9.17) is 4.74 Å². The molecule has 1 aromatic rings. The molecule has 2 nitrogen and oxygen atoms in total. The average molecular weight is 194 g/mol. The van der Waals surface area contributed by atoms with Crippen molar-refractivity contribution in [3.8, 4) is 5.75 Å². The van der Waals surface area contributed by atoms with Crippen molar-refractivity contribution in [2.24, 2.45) is 0 Å². The second-order valence-corrected chi connectivity index (χ2v) is 3.42. The Bertz CT molecular complexity index is 233. The zero-order valence-corrected chi connectivity index (χ0v) is 8.65. The van der Waals surface area contributed by atoms with Gasteiger partial charge in [-0.2, -0.15) is 0 Å². The van der Waals surface area contributed by atoms with E-state index in [1.54, 1.807) is 0 Å². The molecule has 0 bridgehead atoms. The Hall–Kier alpha value is -1.02. The number of aliphatic hydroxyl groups is 1. The number of benzene rings is 1. The lowest BCUT2D eigenvalue weighted by atomic mass is 10.2. The van der Waals surface area contributed by atoms with Gasteiger partial charge in [0.2, 0.25) is 0 Å². The third kappa shape index (κ3) is 4.28. The van der Waals surface area contributed by atoms with Crippen molar-refractivity contribution in [1.82, 2.24) is 0 Å². The number of rotatable bonds is 6. The van der Waals surface area contributed by atoms with Gasteiger partial charge in [-0.15, -0.1) is 0 Å². The van der Waals surface area contributed by atoms with E-state index >= 15 is 0 Å². The minimum absolute atomic E-state index is 0.338. The number of unbranched alkanes of at least 4 members (excludes halogenated alkanes) is 1. The minimum atomic E-state index is -0.338. The molecular weight excluding hydrogens is 176 g/mol. The van der Waals surface area contributed by atoms with Crippen LogP contribution in [0.15, 0.2) is 30.3 Å². The molecule has 2 heteroatoms. The van der Waals surface area contributed by atoms with E-state index in [-0.39, 0.29) is 6.10 Å². The fraction of sp³-hybridized carbons (Fsp3) is 0.500. The fourth-order valence-corrected chi connectivity index (χ4v) is 1.23. The molecule has 0 aliphatic rings. The summed E-state index contributed by atoms with van der Waals surface area (Å²) in [5.41, 5.74) is 0. The SMILES string of the molecule is CCCCC(O)COc1ccccc1. The van der Waals surface area contributed by atoms with Crippen LogP contribution in [0.2, 0.25) is 0 Å². The third-order valence-corrected chi connectivity index (χ3v) is 2.08. The molecule has 0 saturated heterocycles. The molecule has 0 aliphatic carbocycles. The first-order chi connectivity index (χ1) is 6.83. The molecule has 1 rings (SSSR count). The largest absolute Gasteiger partial charge is 0.491 e. The van der Waals surface area contributed by atoms with E-state index in [1.807, 2.05) is 30.3 Å². The number of aliphatic hydroxyl groups excluding tert-OH is 1. The summed E-state index contributed by atoms with van der Waals surface area (Å²) in [7, 11) is 0. The topological polar surface area (TPSA) is 29.5 Å². The summed E-state index contributed by atoms with van der Waals surface area (Å²) in [6.07, 6.45) is 2.65. The number of hydrogen-bond acceptors (Lipinski definition) is 2. The fourth-order valence-electron chi connectivity index (χ4n) is 1.23. The molecule has 1 aromatic carbocycles. The molecule has 1 unspecified atom stereocenters. The van der Waals surface area contributed by atoms with Crippen LogP contribution in [0.3, 0.4) is 0 Å². The van der Waals surface area contributed by atoms with Gasteiger partial charge in [0, 0.05) is 0 Å². The monoisotopic (exact) mass is 194 g/mol. The highest BCUT2D eigenvalue weighted by atomic mass is 16.5. The molecule has 14 heavy (non-hydrogen) atoms. The van der Waals surface area contributed by atoms with Gasteiger partial charge in [-0.1, -0.05) is 38.0 Å². The molecule has 0 saturated carbocycles. The van der Waals surface area contributed by atoms with Gasteiger partial charge < -0.3 is 9.84 Å². The lowest BCUT2D eigenvalue weighted by Crippen LogP contribution is -2.17. The molecule has 1 N–H and O–H groups in total. The molecule has 0 aliphatic heterocycles. The summed E-state index contributed by atoms with van der Waals surface area (Å²) >= 11 is 0. The Labute approximate surface area is 85.5 Å². The summed E-state index contributed by atoms with van der Waals surface area (Å²) in [6, 6.07) is 9.58. The first kappa shape index (κ1) is 11.1. The Morgan fingerprint density at radius 2 is 2.00 bits per heavy atom. The van der Waals surface area contributed by atoms with Crippen molar-refractivity contribution >= 4 is 0 Å². The van der Waals surface area contributed by atoms with E-state index in [9.17, 15) is 5.11 Å². The Balaban J connectivity index is 2.20. The van der Waals surface area contributed by atoms with Gasteiger partial charge in [0.05, 0.1) is 6.10 Å². The maximum Gasteiger partial charge on any atom is 0.119 e. The second-order valence-electron chi connectivity index (χ2n) is 3.42. The molecule has 78 valence electrons. The van der Waals surface area contributed by atoms with Crippen LogP contribution in [0.4, 0.5) is 0 Å². The van der Waals surface area contributed by atoms with Gasteiger partial charge in [-0.3, -0.25) is 0 Å². The van der Waals surface area contributed by atoms with Crippen molar-refractivity contribution in [1.29, 1.82) is 0 Å². The van der Waals surface area contributed by atoms with Gasteiger partial charge in [0.15, 0.2) is 0 Å². The highest BCUT2D eigenvalue weighted by molar-refractivity contribution is 5.20. The zero-order chi connectivity index (χ0) is 10.2. The van der Waals surface area contributed by atoms with Gasteiger partial charge in [0.1, 0.15) is 12.4 Å². The summed E-state index contributed by atoms with van der Waals surface area (Å²) in [5, 5.41) is 9.52. The molecular formula is C12H18O2.